The van der Waals surface area contributed by atoms with Gasteiger partial charge in [0.15, 0.2) is 0 Å². The fraction of sp³-hybridized carbons (Fsp3) is 0.615. The lowest BCUT2D eigenvalue weighted by molar-refractivity contribution is 0.205. The van der Waals surface area contributed by atoms with Crippen molar-refractivity contribution in [1.82, 2.24) is 10.2 Å². The van der Waals surface area contributed by atoms with E-state index in [0.29, 0.717) is 11.4 Å². The molecule has 5 heteroatoms. The molecule has 3 N–H and O–H groups in total. The summed E-state index contributed by atoms with van der Waals surface area (Å²) in [5.74, 6) is 0.376. The lowest BCUT2D eigenvalue weighted by Crippen LogP contribution is -2.21. The Bertz CT molecular complexity index is 431. The molecule has 0 fully saturated rings. The van der Waals surface area contributed by atoms with Crippen LogP contribution in [0.15, 0.2) is 0 Å². The van der Waals surface area contributed by atoms with Crippen LogP contribution in [0.5, 0.6) is 5.88 Å². The molecule has 0 bridgehead atoms. The van der Waals surface area contributed by atoms with E-state index in [4.69, 9.17) is 15.9 Å². The molecule has 1 rings (SSSR count). The van der Waals surface area contributed by atoms with Crippen LogP contribution in [-0.2, 0) is 12.8 Å². The predicted octanol–water partition coefficient (Wildman–Crippen LogP) is 2.06. The van der Waals surface area contributed by atoms with Crippen LogP contribution in [-0.4, -0.2) is 22.1 Å². The zero-order chi connectivity index (χ0) is 13.7. The molecular formula is C13H22N4O. The number of hydrogen-bond donors (Lipinski definition) is 2. The highest BCUT2D eigenvalue weighted by molar-refractivity contribution is 5.98. The van der Waals surface area contributed by atoms with Crippen LogP contribution in [0.25, 0.3) is 0 Å². The van der Waals surface area contributed by atoms with Gasteiger partial charge in [-0.3, -0.25) is 5.41 Å². The van der Waals surface area contributed by atoms with Crippen LogP contribution in [0.1, 0.15) is 50.9 Å². The number of hydrogen-bond acceptors (Lipinski definition) is 4. The van der Waals surface area contributed by atoms with Gasteiger partial charge in [0, 0.05) is 0 Å². The summed E-state index contributed by atoms with van der Waals surface area (Å²) in [6.45, 7) is 8.04. The van der Waals surface area contributed by atoms with Crippen molar-refractivity contribution in [3.8, 4) is 5.88 Å². The Morgan fingerprint density at radius 1 is 1.28 bits per heavy atom. The molecule has 0 aliphatic carbocycles. The second kappa shape index (κ2) is 6.33. The minimum absolute atomic E-state index is 0.00486. The van der Waals surface area contributed by atoms with Gasteiger partial charge < -0.3 is 10.5 Å². The molecule has 0 saturated heterocycles. The van der Waals surface area contributed by atoms with Gasteiger partial charge in [-0.2, -0.15) is 5.10 Å². The van der Waals surface area contributed by atoms with E-state index in [-0.39, 0.29) is 11.9 Å². The van der Waals surface area contributed by atoms with Gasteiger partial charge in [-0.05, 0) is 31.7 Å². The minimum Gasteiger partial charge on any atom is -0.473 e. The summed E-state index contributed by atoms with van der Waals surface area (Å²) >= 11 is 0. The molecule has 0 spiro atoms. The van der Waals surface area contributed by atoms with Crippen molar-refractivity contribution in [2.24, 2.45) is 5.73 Å². The van der Waals surface area contributed by atoms with E-state index < -0.39 is 0 Å². The SMILES string of the molecule is CCc1nnc(OC(C)CC)c(C(=N)N)c1CC. The number of nitrogen functional groups attached to an aromatic ring is 1. The summed E-state index contributed by atoms with van der Waals surface area (Å²) in [5.41, 5.74) is 8.13. The molecule has 0 radical (unpaired) electrons. The Morgan fingerprint density at radius 2 is 1.94 bits per heavy atom. The van der Waals surface area contributed by atoms with Crippen LogP contribution >= 0.6 is 0 Å². The quantitative estimate of drug-likeness (QED) is 0.598. The summed E-state index contributed by atoms with van der Waals surface area (Å²) in [5, 5.41) is 16.0. The molecular weight excluding hydrogens is 228 g/mol. The van der Waals surface area contributed by atoms with Gasteiger partial charge in [0.25, 0.3) is 0 Å². The van der Waals surface area contributed by atoms with Crippen LogP contribution in [0.2, 0.25) is 0 Å². The van der Waals surface area contributed by atoms with E-state index in [0.717, 1.165) is 30.5 Å². The minimum atomic E-state index is -0.00486. The van der Waals surface area contributed by atoms with Gasteiger partial charge in [-0.15, -0.1) is 5.10 Å². The summed E-state index contributed by atoms with van der Waals surface area (Å²) in [6.07, 6.45) is 2.45. The molecule has 100 valence electrons. The first kappa shape index (κ1) is 14.4. The van der Waals surface area contributed by atoms with E-state index in [1.165, 1.54) is 0 Å². The zero-order valence-electron chi connectivity index (χ0n) is 11.6. The molecule has 0 aromatic carbocycles. The molecule has 1 unspecified atom stereocenters. The highest BCUT2D eigenvalue weighted by atomic mass is 16.5. The Morgan fingerprint density at radius 3 is 2.39 bits per heavy atom. The number of nitrogens with two attached hydrogens (primary N) is 1. The molecule has 1 atom stereocenters. The van der Waals surface area contributed by atoms with E-state index in [1.54, 1.807) is 0 Å². The van der Waals surface area contributed by atoms with E-state index in [1.807, 2.05) is 27.7 Å². The fourth-order valence-electron chi connectivity index (χ4n) is 1.79. The molecule has 1 aromatic rings. The maximum atomic E-state index is 7.72. The standard InChI is InChI=1S/C13H22N4O/c1-5-8(4)18-13-11(12(14)15)9(6-2)10(7-3)16-17-13/h8H,5-7H2,1-4H3,(H3,14,15). The topological polar surface area (TPSA) is 84.9 Å². The number of ether oxygens (including phenoxy) is 1. The molecule has 1 aromatic heterocycles. The average molecular weight is 250 g/mol. The van der Waals surface area contributed by atoms with Gasteiger partial charge in [0.05, 0.1) is 17.4 Å². The van der Waals surface area contributed by atoms with Crippen molar-refractivity contribution in [2.45, 2.75) is 53.1 Å². The highest BCUT2D eigenvalue weighted by Crippen LogP contribution is 2.23. The Labute approximate surface area is 108 Å². The van der Waals surface area contributed by atoms with Gasteiger partial charge >= 0.3 is 0 Å². The first-order valence-electron chi connectivity index (χ1n) is 6.44. The maximum absolute atomic E-state index is 7.72. The molecule has 1 heterocycles. The molecule has 0 amide bonds. The summed E-state index contributed by atoms with van der Waals surface area (Å²) in [7, 11) is 0. The third-order valence-corrected chi connectivity index (χ3v) is 2.97. The second-order valence-corrected chi connectivity index (χ2v) is 4.26. The first-order chi connectivity index (χ1) is 8.54. The van der Waals surface area contributed by atoms with E-state index in [9.17, 15) is 0 Å². The summed E-state index contributed by atoms with van der Waals surface area (Å²) in [6, 6.07) is 0. The van der Waals surface area contributed by atoms with Crippen molar-refractivity contribution < 1.29 is 4.74 Å². The molecule has 5 nitrogen and oxygen atoms in total. The Hall–Kier alpha value is -1.65. The van der Waals surface area contributed by atoms with E-state index in [2.05, 4.69) is 10.2 Å². The van der Waals surface area contributed by atoms with Crippen LogP contribution < -0.4 is 10.5 Å². The molecule has 0 saturated carbocycles. The number of rotatable bonds is 6. The Balaban J connectivity index is 3.30. The third-order valence-electron chi connectivity index (χ3n) is 2.97. The number of aryl methyl sites for hydroxylation is 1. The lowest BCUT2D eigenvalue weighted by Gasteiger charge is -2.17. The van der Waals surface area contributed by atoms with Crippen molar-refractivity contribution in [2.75, 3.05) is 0 Å². The maximum Gasteiger partial charge on any atom is 0.245 e. The Kier molecular flexibility index (Phi) is 5.07. The predicted molar refractivity (Wildman–Crippen MR) is 72.2 cm³/mol. The van der Waals surface area contributed by atoms with Crippen LogP contribution in [0.3, 0.4) is 0 Å². The van der Waals surface area contributed by atoms with Gasteiger partial charge in [-0.1, -0.05) is 20.8 Å². The number of amidine groups is 1. The molecule has 0 aliphatic rings. The second-order valence-electron chi connectivity index (χ2n) is 4.26. The summed E-state index contributed by atoms with van der Waals surface area (Å²) < 4.78 is 5.70. The monoisotopic (exact) mass is 250 g/mol. The third kappa shape index (κ3) is 2.97. The van der Waals surface area contributed by atoms with Crippen molar-refractivity contribution in [3.05, 3.63) is 16.8 Å². The smallest absolute Gasteiger partial charge is 0.245 e. The highest BCUT2D eigenvalue weighted by Gasteiger charge is 2.19. The van der Waals surface area contributed by atoms with Crippen molar-refractivity contribution >= 4 is 5.84 Å². The van der Waals surface area contributed by atoms with Gasteiger partial charge in [0.2, 0.25) is 5.88 Å². The van der Waals surface area contributed by atoms with Crippen molar-refractivity contribution in [1.29, 1.82) is 5.41 Å². The van der Waals surface area contributed by atoms with Crippen LogP contribution in [0.4, 0.5) is 0 Å². The normalized spacial score (nSPS) is 12.2. The largest absolute Gasteiger partial charge is 0.473 e. The zero-order valence-corrected chi connectivity index (χ0v) is 11.6. The lowest BCUT2D eigenvalue weighted by atomic mass is 10.0. The molecule has 18 heavy (non-hydrogen) atoms. The number of aromatic nitrogens is 2. The summed E-state index contributed by atoms with van der Waals surface area (Å²) in [4.78, 5) is 0. The molecule has 0 aliphatic heterocycles. The average Bonchev–Trinajstić information content (AvgIpc) is 2.37. The number of nitrogens with zero attached hydrogens (tertiary/aromatic N) is 2. The van der Waals surface area contributed by atoms with E-state index >= 15 is 0 Å². The first-order valence-corrected chi connectivity index (χ1v) is 6.44. The van der Waals surface area contributed by atoms with Gasteiger partial charge in [0.1, 0.15) is 5.84 Å². The van der Waals surface area contributed by atoms with Crippen LogP contribution in [0, 0.1) is 5.41 Å². The fourth-order valence-corrected chi connectivity index (χ4v) is 1.79. The van der Waals surface area contributed by atoms with Crippen molar-refractivity contribution in [3.63, 3.8) is 0 Å². The number of nitrogens with one attached hydrogen (secondary N) is 1. The van der Waals surface area contributed by atoms with Gasteiger partial charge in [-0.25, -0.2) is 0 Å².